The number of imidazole rings is 1. The first-order chi connectivity index (χ1) is 14.4. The maximum absolute atomic E-state index is 6.42. The van der Waals surface area contributed by atoms with Gasteiger partial charge in [0.15, 0.2) is 0 Å². The summed E-state index contributed by atoms with van der Waals surface area (Å²) < 4.78 is 8.37. The highest BCUT2D eigenvalue weighted by atomic mass is 35.5. The molecule has 0 atom stereocenters. The van der Waals surface area contributed by atoms with Crippen molar-refractivity contribution < 1.29 is 4.74 Å². The number of hydrogen-bond acceptors (Lipinski definition) is 3. The van der Waals surface area contributed by atoms with E-state index in [0.29, 0.717) is 10.3 Å². The normalized spacial score (nSPS) is 11.6. The molecule has 0 aliphatic carbocycles. The summed E-state index contributed by atoms with van der Waals surface area (Å²) in [6.45, 7) is 8.67. The highest BCUT2D eigenvalue weighted by Gasteiger charge is 2.17. The summed E-state index contributed by atoms with van der Waals surface area (Å²) in [6, 6.07) is 22.2. The van der Waals surface area contributed by atoms with Crippen LogP contribution >= 0.6 is 23.4 Å². The third-order valence-electron chi connectivity index (χ3n) is 4.67. The fourth-order valence-corrected chi connectivity index (χ4v) is 4.54. The second-order valence-corrected chi connectivity index (χ2v) is 9.87. The van der Waals surface area contributed by atoms with Gasteiger partial charge in [0.2, 0.25) is 0 Å². The van der Waals surface area contributed by atoms with E-state index in [9.17, 15) is 0 Å². The van der Waals surface area contributed by atoms with Crippen molar-refractivity contribution in [2.75, 3.05) is 0 Å². The molecule has 0 amide bonds. The van der Waals surface area contributed by atoms with Gasteiger partial charge in [0, 0.05) is 22.1 Å². The van der Waals surface area contributed by atoms with Crippen molar-refractivity contribution in [1.82, 2.24) is 9.55 Å². The minimum atomic E-state index is 0.253. The topological polar surface area (TPSA) is 27.1 Å². The van der Waals surface area contributed by atoms with Gasteiger partial charge >= 0.3 is 0 Å². The predicted octanol–water partition coefficient (Wildman–Crippen LogP) is 8.10. The SMILES string of the molecule is CC(C)Sc1cccc(Oc2cccc(-n3c(C(C)C)nc4c(Cl)cccc43)c2)c1. The third-order valence-corrected chi connectivity index (χ3v) is 5.97. The smallest absolute Gasteiger partial charge is 0.129 e. The molecule has 4 rings (SSSR count). The number of aromatic nitrogens is 2. The Hall–Kier alpha value is -2.43. The molecule has 0 spiro atoms. The Morgan fingerprint density at radius 3 is 2.33 bits per heavy atom. The van der Waals surface area contributed by atoms with Crippen LogP contribution in [0.4, 0.5) is 0 Å². The van der Waals surface area contributed by atoms with Gasteiger partial charge in [-0.05, 0) is 42.5 Å². The molecular formula is C25H25ClN2OS. The molecule has 0 bridgehead atoms. The molecule has 0 saturated carbocycles. The lowest BCUT2D eigenvalue weighted by molar-refractivity contribution is 0.481. The lowest BCUT2D eigenvalue weighted by Crippen LogP contribution is -2.03. The van der Waals surface area contributed by atoms with Gasteiger partial charge in [-0.1, -0.05) is 57.5 Å². The van der Waals surface area contributed by atoms with E-state index in [0.717, 1.165) is 34.0 Å². The van der Waals surface area contributed by atoms with E-state index in [4.69, 9.17) is 21.3 Å². The summed E-state index contributed by atoms with van der Waals surface area (Å²) in [6.07, 6.45) is 0. The zero-order valence-corrected chi connectivity index (χ0v) is 19.2. The van der Waals surface area contributed by atoms with Gasteiger partial charge in [-0.3, -0.25) is 4.57 Å². The molecule has 5 heteroatoms. The van der Waals surface area contributed by atoms with Gasteiger partial charge in [0.25, 0.3) is 0 Å². The first-order valence-electron chi connectivity index (χ1n) is 10.1. The summed E-state index contributed by atoms with van der Waals surface area (Å²) in [5.41, 5.74) is 2.83. The molecule has 0 radical (unpaired) electrons. The second kappa shape index (κ2) is 8.75. The highest BCUT2D eigenvalue weighted by molar-refractivity contribution is 7.99. The van der Waals surface area contributed by atoms with Crippen LogP contribution in [0.2, 0.25) is 5.02 Å². The van der Waals surface area contributed by atoms with Crippen LogP contribution in [-0.2, 0) is 0 Å². The first-order valence-corrected chi connectivity index (χ1v) is 11.4. The monoisotopic (exact) mass is 436 g/mol. The Morgan fingerprint density at radius 2 is 1.60 bits per heavy atom. The van der Waals surface area contributed by atoms with Gasteiger partial charge in [0.05, 0.1) is 16.2 Å². The van der Waals surface area contributed by atoms with Crippen LogP contribution in [0.15, 0.2) is 71.6 Å². The Kier molecular flexibility index (Phi) is 6.07. The zero-order chi connectivity index (χ0) is 21.3. The lowest BCUT2D eigenvalue weighted by atomic mass is 10.2. The standard InChI is InChI=1S/C25H25ClN2OS/c1-16(2)25-27-24-22(26)12-7-13-23(24)28(25)18-8-5-9-19(14-18)29-20-10-6-11-21(15-20)30-17(3)4/h5-17H,1-4H3. The molecule has 1 heterocycles. The van der Waals surface area contributed by atoms with E-state index in [2.05, 4.69) is 62.6 Å². The van der Waals surface area contributed by atoms with Gasteiger partial charge in [0.1, 0.15) is 22.8 Å². The van der Waals surface area contributed by atoms with Crippen LogP contribution in [0.3, 0.4) is 0 Å². The number of hydrogen-bond donors (Lipinski definition) is 0. The van der Waals surface area contributed by atoms with Gasteiger partial charge in [-0.2, -0.15) is 0 Å². The molecule has 4 aromatic rings. The van der Waals surface area contributed by atoms with E-state index in [-0.39, 0.29) is 5.92 Å². The molecule has 1 aromatic heterocycles. The van der Waals surface area contributed by atoms with Crippen molar-refractivity contribution in [3.8, 4) is 17.2 Å². The van der Waals surface area contributed by atoms with Crippen LogP contribution in [0.5, 0.6) is 11.5 Å². The van der Waals surface area contributed by atoms with E-state index < -0.39 is 0 Å². The van der Waals surface area contributed by atoms with Crippen molar-refractivity contribution in [1.29, 1.82) is 0 Å². The molecule has 0 fully saturated rings. The van der Waals surface area contributed by atoms with Crippen LogP contribution in [0.1, 0.15) is 39.4 Å². The molecular weight excluding hydrogens is 412 g/mol. The summed E-state index contributed by atoms with van der Waals surface area (Å²) in [4.78, 5) is 6.03. The van der Waals surface area contributed by atoms with E-state index in [1.54, 1.807) is 0 Å². The Bertz CT molecular complexity index is 1180. The van der Waals surface area contributed by atoms with Crippen LogP contribution in [-0.4, -0.2) is 14.8 Å². The molecule has 3 aromatic carbocycles. The third kappa shape index (κ3) is 4.35. The summed E-state index contributed by atoms with van der Waals surface area (Å²) >= 11 is 8.25. The average molecular weight is 437 g/mol. The molecule has 154 valence electrons. The van der Waals surface area contributed by atoms with Crippen molar-refractivity contribution in [3.63, 3.8) is 0 Å². The maximum Gasteiger partial charge on any atom is 0.129 e. The fourth-order valence-electron chi connectivity index (χ4n) is 3.45. The zero-order valence-electron chi connectivity index (χ0n) is 17.6. The number of benzene rings is 3. The van der Waals surface area contributed by atoms with Crippen LogP contribution in [0, 0.1) is 0 Å². The number of fused-ring (bicyclic) bond motifs is 1. The van der Waals surface area contributed by atoms with E-state index in [1.165, 1.54) is 4.90 Å². The molecule has 3 nitrogen and oxygen atoms in total. The van der Waals surface area contributed by atoms with Crippen LogP contribution in [0.25, 0.3) is 16.7 Å². The maximum atomic E-state index is 6.42. The van der Waals surface area contributed by atoms with Crippen LogP contribution < -0.4 is 4.74 Å². The summed E-state index contributed by atoms with van der Waals surface area (Å²) in [5.74, 6) is 2.85. The van der Waals surface area contributed by atoms with Crippen molar-refractivity contribution in [2.45, 2.75) is 43.8 Å². The number of thioether (sulfide) groups is 1. The summed E-state index contributed by atoms with van der Waals surface area (Å²) in [7, 11) is 0. The number of rotatable bonds is 6. The quantitative estimate of drug-likeness (QED) is 0.286. The van der Waals surface area contributed by atoms with E-state index >= 15 is 0 Å². The van der Waals surface area contributed by atoms with Crippen molar-refractivity contribution >= 4 is 34.4 Å². The minimum Gasteiger partial charge on any atom is -0.457 e. The predicted molar refractivity (Wildman–Crippen MR) is 128 cm³/mol. The first kappa shape index (κ1) is 20.8. The van der Waals surface area contributed by atoms with Crippen molar-refractivity contribution in [2.24, 2.45) is 0 Å². The highest BCUT2D eigenvalue weighted by Crippen LogP contribution is 2.33. The van der Waals surface area contributed by atoms with Crippen molar-refractivity contribution in [3.05, 3.63) is 77.6 Å². The lowest BCUT2D eigenvalue weighted by Gasteiger charge is -2.14. The minimum absolute atomic E-state index is 0.253. The molecule has 0 saturated heterocycles. The van der Waals surface area contributed by atoms with Gasteiger partial charge in [-0.25, -0.2) is 4.98 Å². The fraction of sp³-hybridized carbons (Fsp3) is 0.240. The number of para-hydroxylation sites is 1. The Morgan fingerprint density at radius 1 is 0.900 bits per heavy atom. The second-order valence-electron chi connectivity index (χ2n) is 7.81. The molecule has 0 aliphatic rings. The van der Waals surface area contributed by atoms with Gasteiger partial charge in [-0.15, -0.1) is 11.8 Å². The largest absolute Gasteiger partial charge is 0.457 e. The molecule has 30 heavy (non-hydrogen) atoms. The Labute approximate surface area is 187 Å². The average Bonchev–Trinajstić information content (AvgIpc) is 3.09. The number of nitrogens with zero attached hydrogens (tertiary/aromatic N) is 2. The van der Waals surface area contributed by atoms with Gasteiger partial charge < -0.3 is 4.74 Å². The molecule has 0 unspecified atom stereocenters. The Balaban J connectivity index is 1.73. The number of ether oxygens (including phenoxy) is 1. The summed E-state index contributed by atoms with van der Waals surface area (Å²) in [5, 5.41) is 1.19. The number of halogens is 1. The molecule has 0 N–H and O–H groups in total. The van der Waals surface area contributed by atoms with E-state index in [1.807, 2.05) is 48.2 Å². The molecule has 0 aliphatic heterocycles.